The quantitative estimate of drug-likeness (QED) is 0.803. The van der Waals surface area contributed by atoms with Gasteiger partial charge in [-0.25, -0.2) is 0 Å². The average molecular weight is 227 g/mol. The summed E-state index contributed by atoms with van der Waals surface area (Å²) in [7, 11) is 1.48. The van der Waals surface area contributed by atoms with Gasteiger partial charge in [-0.1, -0.05) is 30.7 Å². The molecule has 0 amide bonds. The predicted octanol–water partition coefficient (Wildman–Crippen LogP) is 3.03. The van der Waals surface area contributed by atoms with Crippen LogP contribution in [-0.2, 0) is 10.2 Å². The Kier molecular flexibility index (Phi) is 2.75. The lowest BCUT2D eigenvalue weighted by Crippen LogP contribution is -2.10. The summed E-state index contributed by atoms with van der Waals surface area (Å²) in [5.74, 6) is 0. The number of methoxy groups -OCH3 is 1. The molecular weight excluding hydrogens is 212 g/mol. The van der Waals surface area contributed by atoms with E-state index in [-0.39, 0.29) is 5.41 Å². The van der Waals surface area contributed by atoms with Gasteiger partial charge in [0, 0.05) is 17.7 Å². The van der Waals surface area contributed by atoms with Gasteiger partial charge in [-0.2, -0.15) is 0 Å². The maximum Gasteiger partial charge on any atom is 0.182 e. The molecule has 0 aliphatic heterocycles. The van der Waals surface area contributed by atoms with Crippen LogP contribution in [0.5, 0.6) is 0 Å². The molecule has 0 aromatic heterocycles. The van der Waals surface area contributed by atoms with Crippen LogP contribution in [0.1, 0.15) is 37.2 Å². The number of ether oxygens (including phenoxy) is 1. The van der Waals surface area contributed by atoms with Crippen molar-refractivity contribution in [2.75, 3.05) is 7.11 Å². The normalized spacial score (nSPS) is 20.0. The number of halogens is 1. The van der Waals surface area contributed by atoms with Crippen molar-refractivity contribution in [1.29, 1.82) is 0 Å². The molecular formula is C12H15ClO2. The van der Waals surface area contributed by atoms with Gasteiger partial charge in [0.15, 0.2) is 6.29 Å². The highest BCUT2D eigenvalue weighted by molar-refractivity contribution is 6.31. The van der Waals surface area contributed by atoms with Crippen molar-refractivity contribution in [3.05, 3.63) is 34.3 Å². The summed E-state index contributed by atoms with van der Waals surface area (Å²) >= 11 is 6.10. The molecule has 1 aromatic rings. The lowest BCUT2D eigenvalue weighted by atomic mass is 9.93. The second kappa shape index (κ2) is 3.78. The third kappa shape index (κ3) is 1.89. The molecule has 15 heavy (non-hydrogen) atoms. The Bertz CT molecular complexity index is 372. The number of rotatable bonds is 3. The summed E-state index contributed by atoms with van der Waals surface area (Å²) < 4.78 is 4.95. The molecule has 1 fully saturated rings. The van der Waals surface area contributed by atoms with Gasteiger partial charge >= 0.3 is 0 Å². The maximum absolute atomic E-state index is 9.78. The van der Waals surface area contributed by atoms with Crippen LogP contribution < -0.4 is 0 Å². The molecule has 82 valence electrons. The molecule has 2 nitrogen and oxygen atoms in total. The zero-order valence-corrected chi connectivity index (χ0v) is 9.71. The number of hydrogen-bond acceptors (Lipinski definition) is 2. The molecule has 1 saturated carbocycles. The van der Waals surface area contributed by atoms with Crippen molar-refractivity contribution in [1.82, 2.24) is 0 Å². The van der Waals surface area contributed by atoms with E-state index in [1.165, 1.54) is 7.11 Å². The first-order chi connectivity index (χ1) is 7.08. The summed E-state index contributed by atoms with van der Waals surface area (Å²) in [5, 5.41) is 10.4. The average Bonchev–Trinajstić information content (AvgIpc) is 2.96. The van der Waals surface area contributed by atoms with E-state index in [4.69, 9.17) is 16.3 Å². The SMILES string of the molecule is COC(O)c1c(Cl)cccc1C1(C)CC1. The predicted molar refractivity (Wildman–Crippen MR) is 60.0 cm³/mol. The Labute approximate surface area is 94.8 Å². The largest absolute Gasteiger partial charge is 0.364 e. The van der Waals surface area contributed by atoms with Gasteiger partial charge in [0.2, 0.25) is 0 Å². The summed E-state index contributed by atoms with van der Waals surface area (Å²) in [4.78, 5) is 0. The standard InChI is InChI=1S/C12H15ClO2/c1-12(6-7-12)8-4-3-5-9(13)10(8)11(14)15-2/h3-5,11,14H,6-7H2,1-2H3. The first-order valence-electron chi connectivity index (χ1n) is 5.08. The Morgan fingerprint density at radius 1 is 1.47 bits per heavy atom. The van der Waals surface area contributed by atoms with Crippen LogP contribution in [0.4, 0.5) is 0 Å². The van der Waals surface area contributed by atoms with Crippen LogP contribution in [-0.4, -0.2) is 12.2 Å². The molecule has 2 rings (SSSR count). The Morgan fingerprint density at radius 2 is 2.13 bits per heavy atom. The molecule has 1 unspecified atom stereocenters. The van der Waals surface area contributed by atoms with E-state index in [1.807, 2.05) is 12.1 Å². The summed E-state index contributed by atoms with van der Waals surface area (Å²) in [6.45, 7) is 2.19. The highest BCUT2D eigenvalue weighted by Crippen LogP contribution is 2.50. The third-order valence-corrected chi connectivity index (χ3v) is 3.50. The highest BCUT2D eigenvalue weighted by atomic mass is 35.5. The zero-order valence-electron chi connectivity index (χ0n) is 8.96. The monoisotopic (exact) mass is 226 g/mol. The Balaban J connectivity index is 2.49. The first kappa shape index (κ1) is 10.9. The zero-order chi connectivity index (χ0) is 11.1. The minimum absolute atomic E-state index is 0.180. The molecule has 0 spiro atoms. The Morgan fingerprint density at radius 3 is 2.67 bits per heavy atom. The fourth-order valence-electron chi connectivity index (χ4n) is 1.89. The van der Waals surface area contributed by atoms with Crippen LogP contribution >= 0.6 is 11.6 Å². The lowest BCUT2D eigenvalue weighted by molar-refractivity contribution is -0.0776. The van der Waals surface area contributed by atoms with Crippen molar-refractivity contribution in [3.8, 4) is 0 Å². The molecule has 0 radical (unpaired) electrons. The lowest BCUT2D eigenvalue weighted by Gasteiger charge is -2.19. The van der Waals surface area contributed by atoms with Gasteiger partial charge in [-0.05, 0) is 29.9 Å². The molecule has 0 heterocycles. The second-order valence-electron chi connectivity index (χ2n) is 4.35. The van der Waals surface area contributed by atoms with Crippen LogP contribution in [0.25, 0.3) is 0 Å². The first-order valence-corrected chi connectivity index (χ1v) is 5.46. The second-order valence-corrected chi connectivity index (χ2v) is 4.76. The molecule has 1 aliphatic rings. The molecule has 0 bridgehead atoms. The number of hydrogen-bond donors (Lipinski definition) is 1. The van der Waals surface area contributed by atoms with Crippen molar-refractivity contribution in [3.63, 3.8) is 0 Å². The van der Waals surface area contributed by atoms with E-state index in [1.54, 1.807) is 6.07 Å². The fraction of sp³-hybridized carbons (Fsp3) is 0.500. The molecule has 3 heteroatoms. The van der Waals surface area contributed by atoms with Crippen LogP contribution in [0, 0.1) is 0 Å². The third-order valence-electron chi connectivity index (χ3n) is 3.17. The van der Waals surface area contributed by atoms with Gasteiger partial charge in [0.05, 0.1) is 0 Å². The summed E-state index contributed by atoms with van der Waals surface area (Å²) in [6, 6.07) is 5.73. The molecule has 0 saturated heterocycles. The minimum atomic E-state index is -0.925. The van der Waals surface area contributed by atoms with E-state index >= 15 is 0 Å². The van der Waals surface area contributed by atoms with Crippen molar-refractivity contribution in [2.24, 2.45) is 0 Å². The van der Waals surface area contributed by atoms with Crippen LogP contribution in [0.2, 0.25) is 5.02 Å². The van der Waals surface area contributed by atoms with Gasteiger partial charge < -0.3 is 9.84 Å². The van der Waals surface area contributed by atoms with E-state index in [2.05, 4.69) is 6.92 Å². The molecule has 1 atom stereocenters. The topological polar surface area (TPSA) is 29.5 Å². The van der Waals surface area contributed by atoms with E-state index < -0.39 is 6.29 Å². The van der Waals surface area contributed by atoms with Crippen molar-refractivity contribution in [2.45, 2.75) is 31.5 Å². The van der Waals surface area contributed by atoms with E-state index in [9.17, 15) is 5.11 Å². The molecule has 1 aliphatic carbocycles. The molecule has 1 N–H and O–H groups in total. The van der Waals surface area contributed by atoms with Crippen LogP contribution in [0.15, 0.2) is 18.2 Å². The summed E-state index contributed by atoms with van der Waals surface area (Å²) in [5.41, 5.74) is 2.02. The van der Waals surface area contributed by atoms with Crippen molar-refractivity contribution < 1.29 is 9.84 Å². The number of aliphatic hydroxyl groups is 1. The van der Waals surface area contributed by atoms with E-state index in [0.29, 0.717) is 5.02 Å². The van der Waals surface area contributed by atoms with Gasteiger partial charge in [-0.15, -0.1) is 0 Å². The van der Waals surface area contributed by atoms with Crippen LogP contribution in [0.3, 0.4) is 0 Å². The van der Waals surface area contributed by atoms with Gasteiger partial charge in [0.1, 0.15) is 0 Å². The number of benzene rings is 1. The maximum atomic E-state index is 9.78. The smallest absolute Gasteiger partial charge is 0.182 e. The van der Waals surface area contributed by atoms with Gasteiger partial charge in [0.25, 0.3) is 0 Å². The number of aliphatic hydroxyl groups excluding tert-OH is 1. The van der Waals surface area contributed by atoms with E-state index in [0.717, 1.165) is 24.0 Å². The Hall–Kier alpha value is -0.570. The highest BCUT2D eigenvalue weighted by Gasteiger charge is 2.41. The van der Waals surface area contributed by atoms with Crippen molar-refractivity contribution >= 4 is 11.6 Å². The summed E-state index contributed by atoms with van der Waals surface area (Å²) in [6.07, 6.45) is 1.37. The van der Waals surface area contributed by atoms with Gasteiger partial charge in [-0.3, -0.25) is 0 Å². The fourth-order valence-corrected chi connectivity index (χ4v) is 2.16. The molecule has 1 aromatic carbocycles. The minimum Gasteiger partial charge on any atom is -0.364 e.